The fourth-order valence-electron chi connectivity index (χ4n) is 0.621. The van der Waals surface area contributed by atoms with Crippen LogP contribution in [0.3, 0.4) is 0 Å². The van der Waals surface area contributed by atoms with Crippen molar-refractivity contribution in [3.63, 3.8) is 0 Å². The Bertz CT molecular complexity index is 177. The molecule has 0 atom stereocenters. The molecular weight excluding hydrogens is 204 g/mol. The Kier molecular flexibility index (Phi) is 5.12. The van der Waals surface area contributed by atoms with Gasteiger partial charge in [0.25, 0.3) is 5.92 Å². The summed E-state index contributed by atoms with van der Waals surface area (Å²) in [6.45, 7) is 1.26. The fraction of sp³-hybridized carbons (Fsp3) is 0.833. The summed E-state index contributed by atoms with van der Waals surface area (Å²) in [4.78, 5) is 0. The van der Waals surface area contributed by atoms with Crippen molar-refractivity contribution >= 4 is 18.1 Å². The monoisotopic (exact) mass is 215 g/mol. The van der Waals surface area contributed by atoms with Gasteiger partial charge in [-0.05, 0) is 0 Å². The first-order valence-corrected chi connectivity index (χ1v) is 3.63. The molecule has 3 N–H and O–H groups in total. The third kappa shape index (κ3) is 4.35. The Balaban J connectivity index is 0.000000206. The van der Waals surface area contributed by atoms with Crippen LogP contribution in [0.4, 0.5) is 8.78 Å². The molecule has 0 amide bonds. The summed E-state index contributed by atoms with van der Waals surface area (Å²) in [5.41, 5.74) is 0.843. The molecule has 7 heteroatoms. The van der Waals surface area contributed by atoms with Gasteiger partial charge >= 0.3 is 0 Å². The van der Waals surface area contributed by atoms with Gasteiger partial charge in [0.2, 0.25) is 0 Å². The van der Waals surface area contributed by atoms with E-state index in [0.717, 1.165) is 18.8 Å². The molecule has 78 valence electrons. The van der Waals surface area contributed by atoms with Crippen LogP contribution >= 0.6 is 12.4 Å². The Morgan fingerprint density at radius 2 is 1.69 bits per heavy atom. The standard InChI is InChI=1S/C3H5F2N.C3H6N2O.ClH/c4-3(5)1-6-2-3;6-5-3-1-4-2-3;/h6H,1-2H2;4,6H,1-2H2;1H. The Hall–Kier alpha value is -0.460. The van der Waals surface area contributed by atoms with Gasteiger partial charge in [0, 0.05) is 13.1 Å². The molecule has 0 radical (unpaired) electrons. The van der Waals surface area contributed by atoms with E-state index in [1.54, 1.807) is 0 Å². The minimum atomic E-state index is -2.39. The smallest absolute Gasteiger partial charge is 0.272 e. The van der Waals surface area contributed by atoms with Crippen molar-refractivity contribution in [3.8, 4) is 0 Å². The van der Waals surface area contributed by atoms with Gasteiger partial charge in [-0.1, -0.05) is 5.16 Å². The second-order valence-electron chi connectivity index (χ2n) is 2.73. The maximum Gasteiger partial charge on any atom is 0.272 e. The van der Waals surface area contributed by atoms with E-state index in [9.17, 15) is 8.78 Å². The number of halogens is 3. The van der Waals surface area contributed by atoms with Gasteiger partial charge in [-0.15, -0.1) is 12.4 Å². The van der Waals surface area contributed by atoms with Gasteiger partial charge in [0.05, 0.1) is 18.8 Å². The first-order valence-electron chi connectivity index (χ1n) is 3.63. The lowest BCUT2D eigenvalue weighted by atomic mass is 10.2. The largest absolute Gasteiger partial charge is 0.411 e. The molecule has 2 rings (SSSR count). The SMILES string of the molecule is Cl.FC1(F)CNC1.ON=C1CNC1. The summed E-state index contributed by atoms with van der Waals surface area (Å²) < 4.78 is 23.0. The summed E-state index contributed by atoms with van der Waals surface area (Å²) in [6, 6.07) is 0. The lowest BCUT2D eigenvalue weighted by Gasteiger charge is -2.25. The van der Waals surface area contributed by atoms with E-state index in [4.69, 9.17) is 5.21 Å². The highest BCUT2D eigenvalue weighted by Crippen LogP contribution is 2.16. The van der Waals surface area contributed by atoms with Crippen molar-refractivity contribution in [1.82, 2.24) is 10.6 Å². The van der Waals surface area contributed by atoms with Crippen molar-refractivity contribution < 1.29 is 14.0 Å². The number of alkyl halides is 2. The third-order valence-corrected chi connectivity index (χ3v) is 1.57. The Morgan fingerprint density at radius 3 is 1.69 bits per heavy atom. The van der Waals surface area contributed by atoms with Gasteiger partial charge in [-0.25, -0.2) is 8.78 Å². The van der Waals surface area contributed by atoms with Gasteiger partial charge < -0.3 is 15.8 Å². The highest BCUT2D eigenvalue weighted by molar-refractivity contribution is 5.92. The van der Waals surface area contributed by atoms with Gasteiger partial charge in [-0.2, -0.15) is 0 Å². The van der Waals surface area contributed by atoms with Crippen LogP contribution in [0.25, 0.3) is 0 Å². The number of oxime groups is 1. The molecule has 0 saturated carbocycles. The zero-order valence-corrected chi connectivity index (χ0v) is 7.70. The van der Waals surface area contributed by atoms with Gasteiger partial charge in [0.15, 0.2) is 0 Å². The predicted molar refractivity (Wildman–Crippen MR) is 47.2 cm³/mol. The zero-order chi connectivity index (χ0) is 9.03. The summed E-state index contributed by atoms with van der Waals surface area (Å²) in [6.07, 6.45) is 0. The number of hydrogen-bond acceptors (Lipinski definition) is 4. The van der Waals surface area contributed by atoms with Crippen LogP contribution in [0.15, 0.2) is 5.16 Å². The van der Waals surface area contributed by atoms with Crippen molar-refractivity contribution in [2.24, 2.45) is 5.16 Å². The van der Waals surface area contributed by atoms with E-state index in [2.05, 4.69) is 15.8 Å². The predicted octanol–water partition coefficient (Wildman–Crippen LogP) is 0.0665. The third-order valence-electron chi connectivity index (χ3n) is 1.57. The van der Waals surface area contributed by atoms with E-state index in [-0.39, 0.29) is 25.5 Å². The van der Waals surface area contributed by atoms with Gasteiger partial charge in [-0.3, -0.25) is 0 Å². The lowest BCUT2D eigenvalue weighted by molar-refractivity contribution is -0.0475. The normalized spacial score (nSPS) is 22.5. The maximum absolute atomic E-state index is 11.5. The van der Waals surface area contributed by atoms with Crippen LogP contribution in [0, 0.1) is 0 Å². The summed E-state index contributed by atoms with van der Waals surface area (Å²) in [7, 11) is 0. The van der Waals surface area contributed by atoms with Crippen molar-refractivity contribution in [2.75, 3.05) is 26.2 Å². The topological polar surface area (TPSA) is 56.6 Å². The molecule has 2 fully saturated rings. The molecule has 0 aromatic heterocycles. The molecule has 13 heavy (non-hydrogen) atoms. The summed E-state index contributed by atoms with van der Waals surface area (Å²) in [5, 5.41) is 16.3. The Labute approximate surface area is 80.8 Å². The molecule has 0 aromatic carbocycles. The van der Waals surface area contributed by atoms with Crippen LogP contribution in [-0.4, -0.2) is 43.0 Å². The van der Waals surface area contributed by atoms with Crippen LogP contribution < -0.4 is 10.6 Å². The van der Waals surface area contributed by atoms with E-state index in [1.165, 1.54) is 0 Å². The first kappa shape index (κ1) is 12.5. The molecule has 2 saturated heterocycles. The quantitative estimate of drug-likeness (QED) is 0.396. The number of hydrogen-bond donors (Lipinski definition) is 3. The van der Waals surface area contributed by atoms with Crippen LogP contribution in [0.5, 0.6) is 0 Å². The summed E-state index contributed by atoms with van der Waals surface area (Å²) >= 11 is 0. The molecule has 0 aromatic rings. The van der Waals surface area contributed by atoms with Crippen LogP contribution in [-0.2, 0) is 0 Å². The van der Waals surface area contributed by atoms with E-state index < -0.39 is 5.92 Å². The number of nitrogens with zero attached hydrogens (tertiary/aromatic N) is 1. The lowest BCUT2D eigenvalue weighted by Crippen LogP contribution is -2.52. The second kappa shape index (κ2) is 5.31. The van der Waals surface area contributed by atoms with E-state index in [0.29, 0.717) is 0 Å². The highest BCUT2D eigenvalue weighted by atomic mass is 35.5. The van der Waals surface area contributed by atoms with Crippen molar-refractivity contribution in [3.05, 3.63) is 0 Å². The molecular formula is C6H12ClF2N3O. The molecule has 0 unspecified atom stereocenters. The molecule has 2 aliphatic heterocycles. The number of rotatable bonds is 0. The van der Waals surface area contributed by atoms with Crippen molar-refractivity contribution in [2.45, 2.75) is 5.92 Å². The highest BCUT2D eigenvalue weighted by Gasteiger charge is 2.36. The number of nitrogens with one attached hydrogen (secondary N) is 2. The van der Waals surface area contributed by atoms with Gasteiger partial charge in [0.1, 0.15) is 0 Å². The Morgan fingerprint density at radius 1 is 1.23 bits per heavy atom. The van der Waals surface area contributed by atoms with E-state index >= 15 is 0 Å². The average molecular weight is 216 g/mol. The molecule has 0 spiro atoms. The minimum absolute atomic E-state index is 0. The minimum Gasteiger partial charge on any atom is -0.411 e. The van der Waals surface area contributed by atoms with Crippen LogP contribution in [0.2, 0.25) is 0 Å². The zero-order valence-electron chi connectivity index (χ0n) is 6.89. The summed E-state index contributed by atoms with van der Waals surface area (Å²) in [5.74, 6) is -2.39. The first-order chi connectivity index (χ1) is 5.64. The van der Waals surface area contributed by atoms with Crippen LogP contribution in [0.1, 0.15) is 0 Å². The molecule has 2 heterocycles. The van der Waals surface area contributed by atoms with Crippen molar-refractivity contribution in [1.29, 1.82) is 0 Å². The average Bonchev–Trinajstić information content (AvgIpc) is 1.83. The second-order valence-corrected chi connectivity index (χ2v) is 2.73. The molecule has 0 bridgehead atoms. The van der Waals surface area contributed by atoms with E-state index in [1.807, 2.05) is 0 Å². The molecule has 2 aliphatic rings. The fourth-order valence-corrected chi connectivity index (χ4v) is 0.621. The molecule has 4 nitrogen and oxygen atoms in total. The molecule has 0 aliphatic carbocycles. The maximum atomic E-state index is 11.5.